The lowest BCUT2D eigenvalue weighted by Crippen LogP contribution is -2.05. The minimum Gasteiger partial charge on any atom is -0.462 e. The lowest BCUT2D eigenvalue weighted by atomic mass is 10.2. The molecule has 0 unspecified atom stereocenters. The van der Waals surface area contributed by atoms with Crippen molar-refractivity contribution in [1.29, 1.82) is 0 Å². The highest BCUT2D eigenvalue weighted by Gasteiger charge is 2.12. The van der Waals surface area contributed by atoms with E-state index in [1.165, 1.54) is 17.5 Å². The molecule has 2 rings (SSSR count). The molecule has 0 radical (unpaired) electrons. The highest BCUT2D eigenvalue weighted by Crippen LogP contribution is 2.20. The molecule has 0 spiro atoms. The molecule has 0 saturated heterocycles. The van der Waals surface area contributed by atoms with Gasteiger partial charge >= 0.3 is 5.97 Å². The number of fused-ring (bicyclic) bond motifs is 1. The molecule has 4 nitrogen and oxygen atoms in total. The fourth-order valence-electron chi connectivity index (χ4n) is 1.15. The van der Waals surface area contributed by atoms with Gasteiger partial charge < -0.3 is 4.74 Å². The number of thiazole rings is 1. The number of carbonyl (C=O) groups excluding carboxylic acids is 1. The highest BCUT2D eigenvalue weighted by molar-refractivity contribution is 7.16. The zero-order valence-corrected chi connectivity index (χ0v) is 8.37. The van der Waals surface area contributed by atoms with Crippen molar-refractivity contribution < 1.29 is 9.53 Å². The summed E-state index contributed by atoms with van der Waals surface area (Å²) in [5, 5.41) is 0. The normalized spacial score (nSPS) is 10.4. The Balaban J connectivity index is 2.50. The van der Waals surface area contributed by atoms with Crippen molar-refractivity contribution in [2.24, 2.45) is 0 Å². The molecule has 0 bridgehead atoms. The first-order chi connectivity index (χ1) is 6.83. The Hall–Kier alpha value is -1.49. The Bertz CT molecular complexity index is 467. The fraction of sp³-hybridized carbons (Fsp3) is 0.222. The fourth-order valence-corrected chi connectivity index (χ4v) is 1.82. The van der Waals surface area contributed by atoms with Crippen LogP contribution in [0.15, 0.2) is 17.9 Å². The zero-order valence-electron chi connectivity index (χ0n) is 7.56. The summed E-state index contributed by atoms with van der Waals surface area (Å²) in [6.07, 6.45) is 3.18. The van der Waals surface area contributed by atoms with Gasteiger partial charge in [-0.05, 0) is 6.92 Å². The van der Waals surface area contributed by atoms with Gasteiger partial charge in [0.1, 0.15) is 5.56 Å². The van der Waals surface area contributed by atoms with Crippen molar-refractivity contribution in [3.8, 4) is 0 Å². The minimum atomic E-state index is -0.364. The number of ether oxygens (including phenoxy) is 1. The van der Waals surface area contributed by atoms with Crippen LogP contribution in [-0.4, -0.2) is 22.5 Å². The summed E-state index contributed by atoms with van der Waals surface area (Å²) >= 11 is 1.46. The molecular formula is C9H8N2O2S. The van der Waals surface area contributed by atoms with E-state index in [1.54, 1.807) is 18.6 Å². The van der Waals surface area contributed by atoms with Crippen LogP contribution >= 0.6 is 11.3 Å². The van der Waals surface area contributed by atoms with E-state index < -0.39 is 0 Å². The Labute approximate surface area is 84.6 Å². The molecule has 14 heavy (non-hydrogen) atoms. The summed E-state index contributed by atoms with van der Waals surface area (Å²) < 4.78 is 5.79. The van der Waals surface area contributed by atoms with Crippen LogP contribution in [0.3, 0.4) is 0 Å². The van der Waals surface area contributed by atoms with Crippen LogP contribution < -0.4 is 0 Å². The van der Waals surface area contributed by atoms with Gasteiger partial charge in [0.25, 0.3) is 0 Å². The van der Waals surface area contributed by atoms with Gasteiger partial charge in [0.15, 0.2) is 0 Å². The van der Waals surface area contributed by atoms with Gasteiger partial charge in [-0.1, -0.05) is 0 Å². The van der Waals surface area contributed by atoms with E-state index in [2.05, 4.69) is 9.97 Å². The van der Waals surface area contributed by atoms with Crippen molar-refractivity contribution in [2.45, 2.75) is 6.92 Å². The maximum Gasteiger partial charge on any atom is 0.341 e. The molecule has 0 amide bonds. The Kier molecular flexibility index (Phi) is 2.41. The monoisotopic (exact) mass is 208 g/mol. The second-order valence-electron chi connectivity index (χ2n) is 2.61. The number of pyridine rings is 1. The number of aromatic nitrogens is 2. The van der Waals surface area contributed by atoms with Crippen LogP contribution in [0, 0.1) is 0 Å². The van der Waals surface area contributed by atoms with E-state index in [4.69, 9.17) is 4.74 Å². The third-order valence-electron chi connectivity index (χ3n) is 1.74. The minimum absolute atomic E-state index is 0.360. The van der Waals surface area contributed by atoms with E-state index in [0.717, 1.165) is 4.70 Å². The molecule has 0 saturated carbocycles. The lowest BCUT2D eigenvalue weighted by molar-refractivity contribution is 0.0528. The number of nitrogens with zero attached hydrogens (tertiary/aromatic N) is 2. The molecule has 2 aromatic rings. The Morgan fingerprint density at radius 3 is 3.21 bits per heavy atom. The molecule has 0 aliphatic heterocycles. The summed E-state index contributed by atoms with van der Waals surface area (Å²) in [6.45, 7) is 2.13. The number of rotatable bonds is 2. The molecule has 0 aliphatic carbocycles. The maximum atomic E-state index is 11.5. The maximum absolute atomic E-state index is 11.5. The van der Waals surface area contributed by atoms with Gasteiger partial charge in [0.05, 0.1) is 22.3 Å². The van der Waals surface area contributed by atoms with Crippen molar-refractivity contribution in [2.75, 3.05) is 6.61 Å². The second-order valence-corrected chi connectivity index (χ2v) is 3.49. The van der Waals surface area contributed by atoms with E-state index in [-0.39, 0.29) is 5.97 Å². The molecule has 0 aromatic carbocycles. The summed E-state index contributed by atoms with van der Waals surface area (Å²) in [7, 11) is 0. The third-order valence-corrected chi connectivity index (χ3v) is 2.50. The standard InChI is InChI=1S/C9H8N2O2S/c1-2-13-9(12)6-3-10-4-7-8(6)11-5-14-7/h3-5H,2H2,1H3. The first kappa shape index (κ1) is 9.08. The molecule has 0 aliphatic rings. The van der Waals surface area contributed by atoms with Crippen LogP contribution in [0.4, 0.5) is 0 Å². The number of hydrogen-bond donors (Lipinski definition) is 0. The lowest BCUT2D eigenvalue weighted by Gasteiger charge is -2.00. The van der Waals surface area contributed by atoms with Crippen molar-refractivity contribution in [3.05, 3.63) is 23.5 Å². The topological polar surface area (TPSA) is 52.1 Å². The van der Waals surface area contributed by atoms with Gasteiger partial charge in [0, 0.05) is 12.4 Å². The van der Waals surface area contributed by atoms with Crippen LogP contribution in [0.2, 0.25) is 0 Å². The van der Waals surface area contributed by atoms with Crippen LogP contribution in [0.25, 0.3) is 10.2 Å². The quantitative estimate of drug-likeness (QED) is 0.707. The smallest absolute Gasteiger partial charge is 0.341 e. The van der Waals surface area contributed by atoms with E-state index >= 15 is 0 Å². The van der Waals surface area contributed by atoms with Gasteiger partial charge in [-0.2, -0.15) is 0 Å². The van der Waals surface area contributed by atoms with E-state index in [9.17, 15) is 4.79 Å². The molecular weight excluding hydrogens is 200 g/mol. The predicted octanol–water partition coefficient (Wildman–Crippen LogP) is 1.87. The molecule has 5 heteroatoms. The first-order valence-electron chi connectivity index (χ1n) is 4.17. The Morgan fingerprint density at radius 2 is 2.43 bits per heavy atom. The third kappa shape index (κ3) is 1.46. The van der Waals surface area contributed by atoms with Crippen LogP contribution in [0.5, 0.6) is 0 Å². The van der Waals surface area contributed by atoms with Gasteiger partial charge in [-0.15, -0.1) is 11.3 Å². The summed E-state index contributed by atoms with van der Waals surface area (Å²) in [5.41, 5.74) is 2.80. The molecule has 2 heterocycles. The van der Waals surface area contributed by atoms with Gasteiger partial charge in [0.2, 0.25) is 0 Å². The predicted molar refractivity (Wildman–Crippen MR) is 53.4 cm³/mol. The largest absolute Gasteiger partial charge is 0.462 e. The number of esters is 1. The Morgan fingerprint density at radius 1 is 1.57 bits per heavy atom. The molecule has 72 valence electrons. The SMILES string of the molecule is CCOC(=O)c1cncc2scnc12. The summed E-state index contributed by atoms with van der Waals surface area (Å²) in [4.78, 5) is 19.5. The number of carbonyl (C=O) groups is 1. The van der Waals surface area contributed by atoms with E-state index in [1.807, 2.05) is 0 Å². The number of hydrogen-bond acceptors (Lipinski definition) is 5. The van der Waals surface area contributed by atoms with Crippen molar-refractivity contribution in [3.63, 3.8) is 0 Å². The average molecular weight is 208 g/mol. The van der Waals surface area contributed by atoms with Crippen molar-refractivity contribution >= 4 is 27.5 Å². The highest BCUT2D eigenvalue weighted by atomic mass is 32.1. The zero-order chi connectivity index (χ0) is 9.97. The molecule has 0 N–H and O–H groups in total. The van der Waals surface area contributed by atoms with Gasteiger partial charge in [-0.25, -0.2) is 9.78 Å². The summed E-state index contributed by atoms with van der Waals surface area (Å²) in [5.74, 6) is -0.364. The van der Waals surface area contributed by atoms with Crippen LogP contribution in [-0.2, 0) is 4.74 Å². The first-order valence-corrected chi connectivity index (χ1v) is 5.05. The molecule has 0 atom stereocenters. The van der Waals surface area contributed by atoms with E-state index in [0.29, 0.717) is 17.7 Å². The molecule has 0 fully saturated rings. The summed E-state index contributed by atoms with van der Waals surface area (Å²) in [6, 6.07) is 0. The second kappa shape index (κ2) is 3.71. The van der Waals surface area contributed by atoms with Crippen LogP contribution in [0.1, 0.15) is 17.3 Å². The van der Waals surface area contributed by atoms with Crippen molar-refractivity contribution in [1.82, 2.24) is 9.97 Å². The molecule has 2 aromatic heterocycles. The average Bonchev–Trinajstić information content (AvgIpc) is 2.65. The van der Waals surface area contributed by atoms with Gasteiger partial charge in [-0.3, -0.25) is 4.98 Å².